The normalized spacial score (nSPS) is 14.1. The lowest BCUT2D eigenvalue weighted by molar-refractivity contribution is 0.577. The van der Waals surface area contributed by atoms with E-state index in [1.165, 1.54) is 4.88 Å². The highest BCUT2D eigenvalue weighted by atomic mass is 32.2. The summed E-state index contributed by atoms with van der Waals surface area (Å²) in [7, 11) is 0. The molecule has 3 N–H and O–H groups in total. The summed E-state index contributed by atoms with van der Waals surface area (Å²) in [6.07, 6.45) is 1.03. The first-order valence-corrected chi connectivity index (χ1v) is 7.00. The Hall–Kier alpha value is -0.0300. The molecule has 86 valence electrons. The van der Waals surface area contributed by atoms with Gasteiger partial charge in [0.15, 0.2) is 0 Å². The molecule has 1 atom stereocenters. The van der Waals surface area contributed by atoms with Crippen LogP contribution in [0.1, 0.15) is 25.6 Å². The van der Waals surface area contributed by atoms with Crippen molar-refractivity contribution in [2.75, 3.05) is 5.75 Å². The van der Waals surface area contributed by atoms with Gasteiger partial charge in [-0.25, -0.2) is 0 Å². The van der Waals surface area contributed by atoms with E-state index < -0.39 is 0 Å². The summed E-state index contributed by atoms with van der Waals surface area (Å²) in [5, 5.41) is 2.11. The van der Waals surface area contributed by atoms with Gasteiger partial charge in [-0.2, -0.15) is 11.8 Å². The van der Waals surface area contributed by atoms with Crippen LogP contribution in [0.3, 0.4) is 0 Å². The van der Waals surface area contributed by atoms with Crippen molar-refractivity contribution >= 4 is 23.1 Å². The second kappa shape index (κ2) is 5.89. The number of hydrogen-bond donors (Lipinski definition) is 2. The van der Waals surface area contributed by atoms with Crippen LogP contribution in [0.5, 0.6) is 0 Å². The Morgan fingerprint density at radius 1 is 1.53 bits per heavy atom. The molecule has 0 radical (unpaired) electrons. The molecule has 0 aliphatic carbocycles. The molecule has 0 bridgehead atoms. The number of nitrogens with one attached hydrogen (secondary N) is 1. The van der Waals surface area contributed by atoms with Gasteiger partial charge < -0.3 is 0 Å². The fourth-order valence-electron chi connectivity index (χ4n) is 1.19. The lowest BCUT2D eigenvalue weighted by Gasteiger charge is -2.22. The average molecular weight is 244 g/mol. The van der Waals surface area contributed by atoms with Gasteiger partial charge >= 0.3 is 0 Å². The first kappa shape index (κ1) is 13.0. The second-order valence-electron chi connectivity index (χ2n) is 4.57. The van der Waals surface area contributed by atoms with E-state index in [2.05, 4.69) is 43.7 Å². The monoisotopic (exact) mass is 244 g/mol. The van der Waals surface area contributed by atoms with Crippen LogP contribution in [0.4, 0.5) is 0 Å². The third kappa shape index (κ3) is 5.56. The molecule has 0 aliphatic rings. The maximum absolute atomic E-state index is 5.56. The predicted octanol–water partition coefficient (Wildman–Crippen LogP) is 2.65. The molecule has 2 nitrogen and oxygen atoms in total. The van der Waals surface area contributed by atoms with Gasteiger partial charge in [-0.1, -0.05) is 26.8 Å². The minimum atomic E-state index is 0.310. The quantitative estimate of drug-likeness (QED) is 0.618. The summed E-state index contributed by atoms with van der Waals surface area (Å²) >= 11 is 3.75. The van der Waals surface area contributed by atoms with E-state index in [1.54, 1.807) is 11.3 Å². The topological polar surface area (TPSA) is 38.0 Å². The Kier molecular flexibility index (Phi) is 5.12. The van der Waals surface area contributed by atoms with Crippen LogP contribution in [0.15, 0.2) is 17.5 Å². The maximum Gasteiger partial charge on any atom is 0.0349 e. The zero-order chi connectivity index (χ0) is 11.3. The molecule has 1 aromatic heterocycles. The van der Waals surface area contributed by atoms with Crippen molar-refractivity contribution in [1.82, 2.24) is 5.43 Å². The number of rotatable bonds is 5. The zero-order valence-electron chi connectivity index (χ0n) is 9.62. The standard InChI is InChI=1S/C11H20N2S2/c1-11(2,3)15-8-9(13-12)7-10-5-4-6-14-10/h4-6,9,13H,7-8,12H2,1-3H3. The van der Waals surface area contributed by atoms with E-state index in [0.29, 0.717) is 10.8 Å². The van der Waals surface area contributed by atoms with Crippen molar-refractivity contribution in [3.05, 3.63) is 22.4 Å². The van der Waals surface area contributed by atoms with Gasteiger partial charge in [0.25, 0.3) is 0 Å². The average Bonchev–Trinajstić information content (AvgIpc) is 2.63. The van der Waals surface area contributed by atoms with Gasteiger partial charge in [0.1, 0.15) is 0 Å². The molecule has 1 rings (SSSR count). The van der Waals surface area contributed by atoms with Gasteiger partial charge in [0.05, 0.1) is 0 Å². The lowest BCUT2D eigenvalue weighted by atomic mass is 10.2. The molecule has 0 aliphatic heterocycles. The molecule has 1 unspecified atom stereocenters. The van der Waals surface area contributed by atoms with E-state index in [-0.39, 0.29) is 0 Å². The largest absolute Gasteiger partial charge is 0.271 e. The summed E-state index contributed by atoms with van der Waals surface area (Å²) in [5.74, 6) is 6.61. The van der Waals surface area contributed by atoms with Gasteiger partial charge in [-0.05, 0) is 17.9 Å². The summed E-state index contributed by atoms with van der Waals surface area (Å²) in [4.78, 5) is 1.40. The Morgan fingerprint density at radius 2 is 2.27 bits per heavy atom. The maximum atomic E-state index is 5.56. The molecular formula is C11H20N2S2. The van der Waals surface area contributed by atoms with Gasteiger partial charge in [0.2, 0.25) is 0 Å². The van der Waals surface area contributed by atoms with Crippen molar-refractivity contribution in [2.24, 2.45) is 5.84 Å². The SMILES string of the molecule is CC(C)(C)SCC(Cc1cccs1)NN. The molecule has 0 aromatic carbocycles. The Balaban J connectivity index is 2.36. The van der Waals surface area contributed by atoms with Crippen LogP contribution in [0.25, 0.3) is 0 Å². The minimum absolute atomic E-state index is 0.310. The van der Waals surface area contributed by atoms with Gasteiger partial charge in [-0.3, -0.25) is 11.3 Å². The Bertz CT molecular complexity index is 265. The van der Waals surface area contributed by atoms with Crippen LogP contribution in [-0.2, 0) is 6.42 Å². The Morgan fingerprint density at radius 3 is 2.73 bits per heavy atom. The third-order valence-corrected chi connectivity index (χ3v) is 4.31. The van der Waals surface area contributed by atoms with Gasteiger partial charge in [-0.15, -0.1) is 11.3 Å². The molecule has 1 heterocycles. The van der Waals surface area contributed by atoms with Crippen molar-refractivity contribution in [1.29, 1.82) is 0 Å². The molecule has 0 spiro atoms. The number of hydrazine groups is 1. The summed E-state index contributed by atoms with van der Waals surface area (Å²) in [6, 6.07) is 4.62. The van der Waals surface area contributed by atoms with Crippen molar-refractivity contribution in [2.45, 2.75) is 38.0 Å². The van der Waals surface area contributed by atoms with E-state index in [9.17, 15) is 0 Å². The van der Waals surface area contributed by atoms with Crippen LogP contribution in [-0.4, -0.2) is 16.5 Å². The highest BCUT2D eigenvalue weighted by Gasteiger charge is 2.15. The number of thiophene rings is 1. The number of nitrogens with two attached hydrogens (primary N) is 1. The van der Waals surface area contributed by atoms with Crippen LogP contribution >= 0.6 is 23.1 Å². The first-order valence-electron chi connectivity index (χ1n) is 5.14. The van der Waals surface area contributed by atoms with Crippen LogP contribution in [0, 0.1) is 0 Å². The van der Waals surface area contributed by atoms with Crippen molar-refractivity contribution in [3.8, 4) is 0 Å². The molecule has 0 amide bonds. The van der Waals surface area contributed by atoms with Crippen molar-refractivity contribution in [3.63, 3.8) is 0 Å². The first-order chi connectivity index (χ1) is 7.01. The smallest absolute Gasteiger partial charge is 0.0349 e. The van der Waals surface area contributed by atoms with Gasteiger partial charge in [0, 0.05) is 21.4 Å². The highest BCUT2D eigenvalue weighted by molar-refractivity contribution is 8.00. The second-order valence-corrected chi connectivity index (χ2v) is 7.45. The predicted molar refractivity (Wildman–Crippen MR) is 71.3 cm³/mol. The molecular weight excluding hydrogens is 224 g/mol. The number of hydrogen-bond acceptors (Lipinski definition) is 4. The molecule has 15 heavy (non-hydrogen) atoms. The molecule has 1 aromatic rings. The fourth-order valence-corrected chi connectivity index (χ4v) is 2.89. The van der Waals surface area contributed by atoms with E-state index in [4.69, 9.17) is 5.84 Å². The highest BCUT2D eigenvalue weighted by Crippen LogP contribution is 2.24. The summed E-state index contributed by atoms with van der Waals surface area (Å²) < 4.78 is 0.310. The molecule has 4 heteroatoms. The Labute approximate surface area is 101 Å². The minimum Gasteiger partial charge on any atom is -0.271 e. The number of thioether (sulfide) groups is 1. The lowest BCUT2D eigenvalue weighted by Crippen LogP contribution is -2.39. The van der Waals surface area contributed by atoms with Crippen LogP contribution in [0.2, 0.25) is 0 Å². The van der Waals surface area contributed by atoms with E-state index >= 15 is 0 Å². The molecule has 0 saturated heterocycles. The summed E-state index contributed by atoms with van der Waals surface area (Å²) in [5.41, 5.74) is 2.90. The molecule has 0 saturated carbocycles. The third-order valence-electron chi connectivity index (χ3n) is 1.98. The van der Waals surface area contributed by atoms with Crippen LogP contribution < -0.4 is 11.3 Å². The van der Waals surface area contributed by atoms with Crippen molar-refractivity contribution < 1.29 is 0 Å². The molecule has 0 fully saturated rings. The van der Waals surface area contributed by atoms with E-state index in [0.717, 1.165) is 12.2 Å². The fraction of sp³-hybridized carbons (Fsp3) is 0.636. The zero-order valence-corrected chi connectivity index (χ0v) is 11.3. The summed E-state index contributed by atoms with van der Waals surface area (Å²) in [6.45, 7) is 6.70. The van der Waals surface area contributed by atoms with E-state index in [1.807, 2.05) is 11.8 Å².